The highest BCUT2D eigenvalue weighted by atomic mass is 19.2. The van der Waals surface area contributed by atoms with Gasteiger partial charge in [-0.3, -0.25) is 0 Å². The van der Waals surface area contributed by atoms with Crippen LogP contribution in [0.15, 0.2) is 0 Å². The third-order valence-electron chi connectivity index (χ3n) is 2.21. The first-order valence-corrected chi connectivity index (χ1v) is 5.01. The minimum absolute atomic E-state index is 0.134. The molecule has 0 aromatic heterocycles. The molecule has 0 aliphatic heterocycles. The van der Waals surface area contributed by atoms with Crippen molar-refractivity contribution in [2.45, 2.75) is 19.6 Å². The molecule has 1 rings (SSSR count). The van der Waals surface area contributed by atoms with Crippen molar-refractivity contribution in [2.75, 3.05) is 13.7 Å². The molecule has 1 unspecified atom stereocenters. The van der Waals surface area contributed by atoms with Crippen LogP contribution >= 0.6 is 0 Å². The van der Waals surface area contributed by atoms with E-state index in [9.17, 15) is 22.0 Å². The fourth-order valence-corrected chi connectivity index (χ4v) is 1.29. The quantitative estimate of drug-likeness (QED) is 0.465. The Morgan fingerprint density at radius 1 is 0.889 bits per heavy atom. The van der Waals surface area contributed by atoms with Gasteiger partial charge >= 0.3 is 0 Å². The van der Waals surface area contributed by atoms with Gasteiger partial charge in [0.15, 0.2) is 23.3 Å². The normalized spacial score (nSPS) is 12.8. The van der Waals surface area contributed by atoms with Crippen LogP contribution in [0.3, 0.4) is 0 Å². The highest BCUT2D eigenvalue weighted by Gasteiger charge is 2.25. The first-order chi connectivity index (χ1) is 8.40. The smallest absolute Gasteiger partial charge is 0.200 e. The molecule has 102 valence electrons. The molecule has 0 heterocycles. The highest BCUT2D eigenvalue weighted by molar-refractivity contribution is 5.23. The predicted octanol–water partition coefficient (Wildman–Crippen LogP) is 2.93. The van der Waals surface area contributed by atoms with E-state index in [0.717, 1.165) is 0 Å². The summed E-state index contributed by atoms with van der Waals surface area (Å²) in [5.41, 5.74) is -0.991. The average molecular weight is 270 g/mol. The summed E-state index contributed by atoms with van der Waals surface area (Å²) in [6.45, 7) is 0.946. The van der Waals surface area contributed by atoms with Gasteiger partial charge in [0.05, 0.1) is 24.9 Å². The molecule has 1 aromatic carbocycles. The lowest BCUT2D eigenvalue weighted by molar-refractivity contribution is -0.00266. The number of benzene rings is 1. The molecule has 0 bridgehead atoms. The summed E-state index contributed by atoms with van der Waals surface area (Å²) in [6, 6.07) is 0. The van der Waals surface area contributed by atoms with Crippen molar-refractivity contribution in [2.24, 2.45) is 0 Å². The van der Waals surface area contributed by atoms with Crippen LogP contribution in [0.4, 0.5) is 22.0 Å². The Hall–Kier alpha value is -1.21. The molecule has 0 fully saturated rings. The Kier molecular flexibility index (Phi) is 5.03. The number of rotatable bonds is 5. The van der Waals surface area contributed by atoms with Gasteiger partial charge < -0.3 is 9.47 Å². The van der Waals surface area contributed by atoms with Crippen molar-refractivity contribution in [1.82, 2.24) is 0 Å². The van der Waals surface area contributed by atoms with E-state index in [2.05, 4.69) is 0 Å². The lowest BCUT2D eigenvalue weighted by Crippen LogP contribution is -2.17. The standard InChI is InChI=1S/C11H11F5O2/c1-5(3-17-2)18-4-6-7(12)9(14)11(16)10(15)8(6)13/h5H,3-4H2,1-2H3. The largest absolute Gasteiger partial charge is 0.382 e. The van der Waals surface area contributed by atoms with Crippen molar-refractivity contribution in [1.29, 1.82) is 0 Å². The minimum atomic E-state index is -2.18. The molecule has 0 amide bonds. The van der Waals surface area contributed by atoms with Gasteiger partial charge in [-0.05, 0) is 6.92 Å². The van der Waals surface area contributed by atoms with Crippen molar-refractivity contribution >= 4 is 0 Å². The van der Waals surface area contributed by atoms with Crippen LogP contribution in [0, 0.1) is 29.1 Å². The van der Waals surface area contributed by atoms with Crippen molar-refractivity contribution in [3.63, 3.8) is 0 Å². The number of hydrogen-bond donors (Lipinski definition) is 0. The van der Waals surface area contributed by atoms with Crippen LogP contribution in [-0.4, -0.2) is 19.8 Å². The van der Waals surface area contributed by atoms with Crippen LogP contribution in [0.1, 0.15) is 12.5 Å². The zero-order valence-electron chi connectivity index (χ0n) is 9.70. The topological polar surface area (TPSA) is 18.5 Å². The second-order valence-electron chi connectivity index (χ2n) is 3.63. The fourth-order valence-electron chi connectivity index (χ4n) is 1.29. The first kappa shape index (κ1) is 14.8. The summed E-state index contributed by atoms with van der Waals surface area (Å²) in [5.74, 6) is -9.90. The molecule has 7 heteroatoms. The first-order valence-electron chi connectivity index (χ1n) is 5.01. The molecule has 0 saturated carbocycles. The van der Waals surface area contributed by atoms with Crippen LogP contribution in [0.25, 0.3) is 0 Å². The Morgan fingerprint density at radius 2 is 1.33 bits per heavy atom. The van der Waals surface area contributed by atoms with Gasteiger partial charge in [-0.15, -0.1) is 0 Å². The number of methoxy groups -OCH3 is 1. The SMILES string of the molecule is COCC(C)OCc1c(F)c(F)c(F)c(F)c1F. The molecule has 1 atom stereocenters. The number of halogens is 5. The minimum Gasteiger partial charge on any atom is -0.382 e. The summed E-state index contributed by atoms with van der Waals surface area (Å²) >= 11 is 0. The second-order valence-corrected chi connectivity index (χ2v) is 3.63. The van der Waals surface area contributed by atoms with Crippen LogP contribution < -0.4 is 0 Å². The average Bonchev–Trinajstić information content (AvgIpc) is 2.34. The summed E-state index contributed by atoms with van der Waals surface area (Å²) in [5, 5.41) is 0. The van der Waals surface area contributed by atoms with E-state index >= 15 is 0 Å². The Morgan fingerprint density at radius 3 is 1.78 bits per heavy atom. The second kappa shape index (κ2) is 6.10. The molecule has 18 heavy (non-hydrogen) atoms. The van der Waals surface area contributed by atoms with Gasteiger partial charge in [0.25, 0.3) is 0 Å². The van der Waals surface area contributed by atoms with Gasteiger partial charge in [-0.25, -0.2) is 22.0 Å². The monoisotopic (exact) mass is 270 g/mol. The van der Waals surface area contributed by atoms with E-state index in [-0.39, 0.29) is 6.61 Å². The van der Waals surface area contributed by atoms with E-state index in [1.165, 1.54) is 14.0 Å². The zero-order chi connectivity index (χ0) is 13.9. The van der Waals surface area contributed by atoms with Gasteiger partial charge in [-0.1, -0.05) is 0 Å². The van der Waals surface area contributed by atoms with Crippen LogP contribution in [0.5, 0.6) is 0 Å². The molecule has 0 aliphatic rings. The van der Waals surface area contributed by atoms with E-state index in [1.54, 1.807) is 0 Å². The summed E-state index contributed by atoms with van der Waals surface area (Å²) in [4.78, 5) is 0. The lowest BCUT2D eigenvalue weighted by Gasteiger charge is -2.13. The molecule has 0 aliphatic carbocycles. The summed E-state index contributed by atoms with van der Waals surface area (Å²) in [7, 11) is 1.39. The van der Waals surface area contributed by atoms with Gasteiger partial charge in [0.1, 0.15) is 0 Å². The number of hydrogen-bond acceptors (Lipinski definition) is 2. The van der Waals surface area contributed by atoms with Gasteiger partial charge in [0, 0.05) is 7.11 Å². The van der Waals surface area contributed by atoms with E-state index in [1.807, 2.05) is 0 Å². The summed E-state index contributed by atoms with van der Waals surface area (Å²) in [6.07, 6.45) is -0.537. The van der Waals surface area contributed by atoms with E-state index < -0.39 is 47.4 Å². The molecule has 0 radical (unpaired) electrons. The van der Waals surface area contributed by atoms with Gasteiger partial charge in [0.2, 0.25) is 5.82 Å². The predicted molar refractivity (Wildman–Crippen MR) is 52.4 cm³/mol. The zero-order valence-corrected chi connectivity index (χ0v) is 9.70. The molecule has 2 nitrogen and oxygen atoms in total. The Bertz CT molecular complexity index is 407. The van der Waals surface area contributed by atoms with Crippen molar-refractivity contribution in [3.05, 3.63) is 34.6 Å². The maximum atomic E-state index is 13.2. The molecule has 0 N–H and O–H groups in total. The molecule has 1 aromatic rings. The molecular weight excluding hydrogens is 259 g/mol. The van der Waals surface area contributed by atoms with Crippen LogP contribution in [-0.2, 0) is 16.1 Å². The molecule has 0 saturated heterocycles. The van der Waals surface area contributed by atoms with Crippen LogP contribution in [0.2, 0.25) is 0 Å². The maximum absolute atomic E-state index is 13.2. The molecular formula is C11H11F5O2. The van der Waals surface area contributed by atoms with E-state index in [0.29, 0.717) is 0 Å². The van der Waals surface area contributed by atoms with E-state index in [4.69, 9.17) is 9.47 Å². The van der Waals surface area contributed by atoms with Crippen molar-refractivity contribution in [3.8, 4) is 0 Å². The lowest BCUT2D eigenvalue weighted by atomic mass is 10.2. The summed E-state index contributed by atoms with van der Waals surface area (Å²) < 4.78 is 74.4. The molecule has 0 spiro atoms. The third kappa shape index (κ3) is 2.97. The third-order valence-corrected chi connectivity index (χ3v) is 2.21. The Labute approximate surface area is 100 Å². The Balaban J connectivity index is 2.96. The number of ether oxygens (including phenoxy) is 2. The van der Waals surface area contributed by atoms with Crippen molar-refractivity contribution < 1.29 is 31.4 Å². The fraction of sp³-hybridized carbons (Fsp3) is 0.455. The van der Waals surface area contributed by atoms with Gasteiger partial charge in [-0.2, -0.15) is 0 Å². The maximum Gasteiger partial charge on any atom is 0.200 e. The highest BCUT2D eigenvalue weighted by Crippen LogP contribution is 2.23.